The van der Waals surface area contributed by atoms with Crippen molar-refractivity contribution in [3.8, 4) is 0 Å². The average molecular weight is 316 g/mol. The fraction of sp³-hybridized carbons (Fsp3) is 0.600. The van der Waals surface area contributed by atoms with Gasteiger partial charge in [-0.25, -0.2) is 12.8 Å². The Labute approximate surface area is 127 Å². The Kier molecular flexibility index (Phi) is 6.31. The zero-order chi connectivity index (χ0) is 16.2. The van der Waals surface area contributed by atoms with Crippen LogP contribution in [0.25, 0.3) is 0 Å². The zero-order valence-electron chi connectivity index (χ0n) is 13.2. The van der Waals surface area contributed by atoms with E-state index in [0.717, 1.165) is 12.8 Å². The highest BCUT2D eigenvalue weighted by molar-refractivity contribution is 7.89. The number of benzene rings is 1. The molecule has 0 radical (unpaired) electrons. The van der Waals surface area contributed by atoms with E-state index in [9.17, 15) is 12.8 Å². The van der Waals surface area contributed by atoms with Crippen molar-refractivity contribution >= 4 is 10.0 Å². The van der Waals surface area contributed by atoms with E-state index < -0.39 is 15.8 Å². The molecule has 120 valence electrons. The van der Waals surface area contributed by atoms with Crippen LogP contribution in [0.2, 0.25) is 0 Å². The molecule has 0 bridgehead atoms. The molecule has 21 heavy (non-hydrogen) atoms. The van der Waals surface area contributed by atoms with Gasteiger partial charge >= 0.3 is 0 Å². The first-order chi connectivity index (χ1) is 9.79. The van der Waals surface area contributed by atoms with Crippen LogP contribution in [0.1, 0.15) is 37.8 Å². The Morgan fingerprint density at radius 1 is 1.19 bits per heavy atom. The highest BCUT2D eigenvalue weighted by Crippen LogP contribution is 2.27. The standard InChI is InChI=1S/C15H25FN2O2S/c1-5-14(6-2)18(8-7-17)21(19,20)15-11(3)9-13(16)10-12(15)4/h9-10,14H,5-8,17H2,1-4H3. The predicted octanol–water partition coefficient (Wildman–Crippen LogP) is 2.58. The quantitative estimate of drug-likeness (QED) is 0.841. The summed E-state index contributed by atoms with van der Waals surface area (Å²) in [5.41, 5.74) is 6.45. The van der Waals surface area contributed by atoms with Crippen LogP contribution in [-0.2, 0) is 10.0 Å². The second-order valence-electron chi connectivity index (χ2n) is 5.24. The third-order valence-electron chi connectivity index (χ3n) is 3.69. The van der Waals surface area contributed by atoms with E-state index in [1.807, 2.05) is 13.8 Å². The second kappa shape index (κ2) is 7.33. The van der Waals surface area contributed by atoms with E-state index in [4.69, 9.17) is 5.73 Å². The molecule has 0 aliphatic rings. The fourth-order valence-corrected chi connectivity index (χ4v) is 4.95. The van der Waals surface area contributed by atoms with Crippen LogP contribution < -0.4 is 5.73 Å². The van der Waals surface area contributed by atoms with E-state index in [1.54, 1.807) is 13.8 Å². The normalized spacial score (nSPS) is 12.4. The molecule has 0 unspecified atom stereocenters. The minimum atomic E-state index is -3.68. The van der Waals surface area contributed by atoms with Crippen LogP contribution in [0.4, 0.5) is 4.39 Å². The van der Waals surface area contributed by atoms with Gasteiger partial charge in [-0.05, 0) is 49.9 Å². The molecule has 0 aliphatic heterocycles. The third kappa shape index (κ3) is 3.81. The summed E-state index contributed by atoms with van der Waals surface area (Å²) in [7, 11) is -3.68. The van der Waals surface area contributed by atoms with Crippen LogP contribution in [0.15, 0.2) is 17.0 Å². The van der Waals surface area contributed by atoms with Crippen molar-refractivity contribution < 1.29 is 12.8 Å². The molecule has 1 aromatic carbocycles. The van der Waals surface area contributed by atoms with Gasteiger partial charge in [0.2, 0.25) is 10.0 Å². The number of rotatable bonds is 7. The molecule has 1 aromatic rings. The summed E-state index contributed by atoms with van der Waals surface area (Å²) in [6.45, 7) is 7.68. The first-order valence-electron chi connectivity index (χ1n) is 7.28. The average Bonchev–Trinajstić information content (AvgIpc) is 2.37. The van der Waals surface area contributed by atoms with Gasteiger partial charge in [-0.3, -0.25) is 0 Å². The van der Waals surface area contributed by atoms with E-state index in [-0.39, 0.29) is 24.0 Å². The molecular weight excluding hydrogens is 291 g/mol. The summed E-state index contributed by atoms with van der Waals surface area (Å²) >= 11 is 0. The van der Waals surface area contributed by atoms with Crippen LogP contribution in [-0.4, -0.2) is 31.9 Å². The largest absolute Gasteiger partial charge is 0.329 e. The molecule has 0 aliphatic carbocycles. The Morgan fingerprint density at radius 2 is 1.67 bits per heavy atom. The van der Waals surface area contributed by atoms with Crippen molar-refractivity contribution in [1.82, 2.24) is 4.31 Å². The number of halogens is 1. The molecule has 0 heterocycles. The lowest BCUT2D eigenvalue weighted by Gasteiger charge is -2.30. The monoisotopic (exact) mass is 316 g/mol. The Balaban J connectivity index is 3.43. The summed E-state index contributed by atoms with van der Waals surface area (Å²) in [4.78, 5) is 0.198. The molecule has 1 rings (SSSR count). The second-order valence-corrected chi connectivity index (χ2v) is 7.07. The van der Waals surface area contributed by atoms with Gasteiger partial charge in [0.25, 0.3) is 0 Å². The van der Waals surface area contributed by atoms with Crippen molar-refractivity contribution in [1.29, 1.82) is 0 Å². The topological polar surface area (TPSA) is 63.4 Å². The minimum absolute atomic E-state index is 0.0950. The lowest BCUT2D eigenvalue weighted by Crippen LogP contribution is -2.43. The number of hydrogen-bond acceptors (Lipinski definition) is 3. The molecule has 0 atom stereocenters. The van der Waals surface area contributed by atoms with E-state index in [2.05, 4.69) is 0 Å². The SMILES string of the molecule is CCC(CC)N(CCN)S(=O)(=O)c1c(C)cc(F)cc1C. The van der Waals surface area contributed by atoms with Crippen LogP contribution >= 0.6 is 0 Å². The van der Waals surface area contributed by atoms with Crippen molar-refractivity contribution in [3.63, 3.8) is 0 Å². The third-order valence-corrected chi connectivity index (χ3v) is 5.95. The van der Waals surface area contributed by atoms with Gasteiger partial charge in [0, 0.05) is 19.1 Å². The number of nitrogens with zero attached hydrogens (tertiary/aromatic N) is 1. The molecule has 0 fully saturated rings. The molecule has 4 nitrogen and oxygen atoms in total. The molecular formula is C15H25FN2O2S. The molecule has 2 N–H and O–H groups in total. The van der Waals surface area contributed by atoms with Crippen molar-refractivity contribution in [2.75, 3.05) is 13.1 Å². The first-order valence-corrected chi connectivity index (χ1v) is 8.72. The predicted molar refractivity (Wildman–Crippen MR) is 83.2 cm³/mol. The molecule has 0 aromatic heterocycles. The number of sulfonamides is 1. The van der Waals surface area contributed by atoms with Crippen LogP contribution in [0, 0.1) is 19.7 Å². The molecule has 0 saturated heterocycles. The van der Waals surface area contributed by atoms with Gasteiger partial charge in [0.1, 0.15) is 5.82 Å². The number of nitrogens with two attached hydrogens (primary N) is 1. The van der Waals surface area contributed by atoms with Gasteiger partial charge < -0.3 is 5.73 Å². The van der Waals surface area contributed by atoms with Gasteiger partial charge in [-0.2, -0.15) is 4.31 Å². The van der Waals surface area contributed by atoms with E-state index in [0.29, 0.717) is 11.1 Å². The van der Waals surface area contributed by atoms with Crippen molar-refractivity contribution in [3.05, 3.63) is 29.1 Å². The maximum absolute atomic E-state index is 13.4. The summed E-state index contributed by atoms with van der Waals surface area (Å²) in [5.74, 6) is -0.420. The number of hydrogen-bond donors (Lipinski definition) is 1. The van der Waals surface area contributed by atoms with E-state index in [1.165, 1.54) is 16.4 Å². The summed E-state index contributed by atoms with van der Waals surface area (Å²) in [6.07, 6.45) is 1.43. The lowest BCUT2D eigenvalue weighted by atomic mass is 10.1. The fourth-order valence-electron chi connectivity index (χ4n) is 2.74. The summed E-state index contributed by atoms with van der Waals surface area (Å²) in [6, 6.07) is 2.42. The first kappa shape index (κ1) is 18.1. The Bertz CT molecular complexity index is 560. The van der Waals surface area contributed by atoms with Crippen molar-refractivity contribution in [2.45, 2.75) is 51.5 Å². The van der Waals surface area contributed by atoms with Crippen LogP contribution in [0.3, 0.4) is 0 Å². The zero-order valence-corrected chi connectivity index (χ0v) is 14.0. The summed E-state index contributed by atoms with van der Waals surface area (Å²) in [5, 5.41) is 0. The Hall–Kier alpha value is -0.980. The lowest BCUT2D eigenvalue weighted by molar-refractivity contribution is 0.309. The van der Waals surface area contributed by atoms with Gasteiger partial charge in [0.15, 0.2) is 0 Å². The maximum Gasteiger partial charge on any atom is 0.243 e. The highest BCUT2D eigenvalue weighted by atomic mass is 32.2. The van der Waals surface area contributed by atoms with Gasteiger partial charge in [-0.15, -0.1) is 0 Å². The summed E-state index contributed by atoms with van der Waals surface area (Å²) < 4.78 is 40.8. The molecule has 0 amide bonds. The van der Waals surface area contributed by atoms with Crippen LogP contribution in [0.5, 0.6) is 0 Å². The minimum Gasteiger partial charge on any atom is -0.329 e. The highest BCUT2D eigenvalue weighted by Gasteiger charge is 2.31. The maximum atomic E-state index is 13.4. The number of aryl methyl sites for hydroxylation is 2. The van der Waals surface area contributed by atoms with Gasteiger partial charge in [0.05, 0.1) is 4.90 Å². The smallest absolute Gasteiger partial charge is 0.243 e. The van der Waals surface area contributed by atoms with E-state index >= 15 is 0 Å². The van der Waals surface area contributed by atoms with Crippen molar-refractivity contribution in [2.24, 2.45) is 5.73 Å². The molecule has 0 saturated carbocycles. The van der Waals surface area contributed by atoms with Gasteiger partial charge in [-0.1, -0.05) is 13.8 Å². The Morgan fingerprint density at radius 3 is 2.05 bits per heavy atom. The molecule has 6 heteroatoms. The molecule has 0 spiro atoms.